The summed E-state index contributed by atoms with van der Waals surface area (Å²) in [4.78, 5) is 42.5. The zero-order valence-electron chi connectivity index (χ0n) is 21.5. The molecule has 0 aliphatic carbocycles. The molecule has 4 aromatic rings. The van der Waals surface area contributed by atoms with E-state index in [1.54, 1.807) is 69.5 Å². The predicted octanol–water partition coefficient (Wildman–Crippen LogP) is 4.74. The minimum Gasteiger partial charge on any atom is -0.496 e. The lowest BCUT2D eigenvalue weighted by molar-refractivity contribution is -0.384. The second kappa shape index (κ2) is 11.1. The van der Waals surface area contributed by atoms with Gasteiger partial charge in [0.25, 0.3) is 11.2 Å². The molecule has 5 rings (SSSR count). The molecule has 2 aromatic carbocycles. The number of halogens is 1. The minimum absolute atomic E-state index is 0.0540. The summed E-state index contributed by atoms with van der Waals surface area (Å²) in [7, 11) is 1.55. The van der Waals surface area contributed by atoms with Gasteiger partial charge in [-0.2, -0.15) is 0 Å². The van der Waals surface area contributed by atoms with E-state index in [0.29, 0.717) is 47.9 Å². The summed E-state index contributed by atoms with van der Waals surface area (Å²) < 4.78 is 19.1. The Morgan fingerprint density at radius 3 is 2.75 bits per heavy atom. The maximum Gasteiger partial charge on any atom is 0.338 e. The van der Waals surface area contributed by atoms with Gasteiger partial charge in [0.15, 0.2) is 4.80 Å². The number of nitro benzene ring substituents is 1. The van der Waals surface area contributed by atoms with Crippen molar-refractivity contribution in [2.75, 3.05) is 13.7 Å². The standard InChI is InChI=1S/C28H22BrN3O7S/c1-4-38-27(34)24-15(2)30-28-31(25(24)17-8-10-22(37-3)20(29)13-17)26(33)23(40-28)14-19-9-11-21(39-19)16-6-5-7-18(12-16)32(35)36/h5-14,25H,4H2,1-3H3/b23-14-. The fourth-order valence-corrected chi connectivity index (χ4v) is 6.03. The first kappa shape index (κ1) is 27.3. The summed E-state index contributed by atoms with van der Waals surface area (Å²) in [5.41, 5.74) is 1.52. The molecule has 2 aromatic heterocycles. The zero-order chi connectivity index (χ0) is 28.6. The molecule has 0 saturated carbocycles. The monoisotopic (exact) mass is 623 g/mol. The number of non-ortho nitro benzene ring substituents is 1. The first-order valence-electron chi connectivity index (χ1n) is 12.1. The van der Waals surface area contributed by atoms with Crippen molar-refractivity contribution in [3.8, 4) is 17.1 Å². The second-order valence-electron chi connectivity index (χ2n) is 8.71. The Balaban J connectivity index is 1.63. The summed E-state index contributed by atoms with van der Waals surface area (Å²) in [5.74, 6) is 0.857. The largest absolute Gasteiger partial charge is 0.496 e. The number of thiazole rings is 1. The lowest BCUT2D eigenvalue weighted by atomic mass is 9.96. The highest BCUT2D eigenvalue weighted by Crippen LogP contribution is 2.35. The molecular weight excluding hydrogens is 602 g/mol. The average molecular weight is 624 g/mol. The Bertz CT molecular complexity index is 1870. The molecule has 1 atom stereocenters. The van der Waals surface area contributed by atoms with Crippen LogP contribution in [0.15, 0.2) is 84.5 Å². The SMILES string of the molecule is CCOC(=O)C1=C(C)N=c2s/c(=C\c3ccc(-c4cccc([N+](=O)[O-])c4)o3)c(=O)n2C1c1ccc(OC)c(Br)c1. The quantitative estimate of drug-likeness (QED) is 0.165. The molecular formula is C28H22BrN3O7S. The number of rotatable bonds is 7. The molecule has 0 fully saturated rings. The highest BCUT2D eigenvalue weighted by atomic mass is 79.9. The van der Waals surface area contributed by atoms with Crippen molar-refractivity contribution in [2.45, 2.75) is 19.9 Å². The van der Waals surface area contributed by atoms with Gasteiger partial charge >= 0.3 is 5.97 Å². The van der Waals surface area contributed by atoms with Gasteiger partial charge < -0.3 is 13.9 Å². The Labute approximate surface area is 239 Å². The van der Waals surface area contributed by atoms with E-state index >= 15 is 0 Å². The third kappa shape index (κ3) is 5.03. The fraction of sp³-hybridized carbons (Fsp3) is 0.179. The van der Waals surface area contributed by atoms with Crippen molar-refractivity contribution in [2.24, 2.45) is 4.99 Å². The summed E-state index contributed by atoms with van der Waals surface area (Å²) in [5, 5.41) is 11.2. The number of carbonyl (C=O) groups is 1. The molecule has 0 amide bonds. The van der Waals surface area contributed by atoms with Crippen molar-refractivity contribution in [1.82, 2.24) is 4.57 Å². The number of nitrogens with zero attached hydrogens (tertiary/aromatic N) is 3. The number of allylic oxidation sites excluding steroid dienone is 1. The van der Waals surface area contributed by atoms with E-state index in [2.05, 4.69) is 20.9 Å². The maximum atomic E-state index is 13.8. The number of carbonyl (C=O) groups excluding carboxylic acids is 1. The number of benzene rings is 2. The molecule has 40 heavy (non-hydrogen) atoms. The van der Waals surface area contributed by atoms with E-state index in [9.17, 15) is 19.7 Å². The molecule has 1 unspecified atom stereocenters. The van der Waals surface area contributed by atoms with Gasteiger partial charge in [-0.3, -0.25) is 19.5 Å². The van der Waals surface area contributed by atoms with Crippen molar-refractivity contribution in [3.05, 3.63) is 111 Å². The van der Waals surface area contributed by atoms with Crippen LogP contribution in [0.4, 0.5) is 5.69 Å². The number of methoxy groups -OCH3 is 1. The predicted molar refractivity (Wildman–Crippen MR) is 152 cm³/mol. The van der Waals surface area contributed by atoms with Gasteiger partial charge in [-0.1, -0.05) is 29.5 Å². The number of esters is 1. The van der Waals surface area contributed by atoms with Crippen molar-refractivity contribution in [1.29, 1.82) is 0 Å². The van der Waals surface area contributed by atoms with Crippen LogP contribution in [0.25, 0.3) is 17.4 Å². The van der Waals surface area contributed by atoms with Crippen LogP contribution in [0, 0.1) is 10.1 Å². The average Bonchev–Trinajstić information content (AvgIpc) is 3.52. The summed E-state index contributed by atoms with van der Waals surface area (Å²) in [6.07, 6.45) is 1.59. The highest BCUT2D eigenvalue weighted by molar-refractivity contribution is 9.10. The van der Waals surface area contributed by atoms with Crippen molar-refractivity contribution >= 4 is 45.0 Å². The molecule has 1 aliphatic rings. The second-order valence-corrected chi connectivity index (χ2v) is 10.6. The highest BCUT2D eigenvalue weighted by Gasteiger charge is 2.33. The van der Waals surface area contributed by atoms with E-state index in [1.165, 1.54) is 28.0 Å². The zero-order valence-corrected chi connectivity index (χ0v) is 23.9. The molecule has 0 bridgehead atoms. The molecule has 12 heteroatoms. The topological polar surface area (TPSA) is 126 Å². The normalized spacial score (nSPS) is 15.0. The third-order valence-corrected chi connectivity index (χ3v) is 7.85. The third-order valence-electron chi connectivity index (χ3n) is 6.25. The van der Waals surface area contributed by atoms with Crippen LogP contribution in [0.2, 0.25) is 0 Å². The van der Waals surface area contributed by atoms with Crippen LogP contribution < -0.4 is 19.6 Å². The van der Waals surface area contributed by atoms with E-state index in [-0.39, 0.29) is 23.4 Å². The molecule has 0 saturated heterocycles. The Morgan fingerprint density at radius 1 is 1.25 bits per heavy atom. The van der Waals surface area contributed by atoms with Crippen molar-refractivity contribution in [3.63, 3.8) is 0 Å². The lowest BCUT2D eigenvalue weighted by Crippen LogP contribution is -2.39. The van der Waals surface area contributed by atoms with Crippen LogP contribution in [0.5, 0.6) is 5.75 Å². The van der Waals surface area contributed by atoms with E-state index in [0.717, 1.165) is 0 Å². The summed E-state index contributed by atoms with van der Waals surface area (Å²) in [6, 6.07) is 14.0. The van der Waals surface area contributed by atoms with Crippen molar-refractivity contribution < 1.29 is 23.6 Å². The molecule has 1 aliphatic heterocycles. The maximum absolute atomic E-state index is 13.8. The lowest BCUT2D eigenvalue weighted by Gasteiger charge is -2.25. The number of hydrogen-bond donors (Lipinski definition) is 0. The number of aromatic nitrogens is 1. The van der Waals surface area contributed by atoms with Crippen LogP contribution in [0.3, 0.4) is 0 Å². The van der Waals surface area contributed by atoms with Gasteiger partial charge in [-0.05, 0) is 59.6 Å². The van der Waals surface area contributed by atoms with Gasteiger partial charge in [-0.25, -0.2) is 9.79 Å². The molecule has 10 nitrogen and oxygen atoms in total. The Kier molecular flexibility index (Phi) is 7.55. The molecule has 0 N–H and O–H groups in total. The van der Waals surface area contributed by atoms with E-state index < -0.39 is 16.9 Å². The number of ether oxygens (including phenoxy) is 2. The van der Waals surface area contributed by atoms with E-state index in [4.69, 9.17) is 13.9 Å². The first-order chi connectivity index (χ1) is 19.2. The smallest absolute Gasteiger partial charge is 0.338 e. The van der Waals surface area contributed by atoms with Gasteiger partial charge in [-0.15, -0.1) is 0 Å². The van der Waals surface area contributed by atoms with E-state index in [1.807, 2.05) is 0 Å². The Hall–Kier alpha value is -4.29. The van der Waals surface area contributed by atoms with Gasteiger partial charge in [0, 0.05) is 23.8 Å². The van der Waals surface area contributed by atoms with Crippen LogP contribution in [-0.2, 0) is 9.53 Å². The number of hydrogen-bond acceptors (Lipinski definition) is 9. The number of fused-ring (bicyclic) bond motifs is 1. The summed E-state index contributed by atoms with van der Waals surface area (Å²) in [6.45, 7) is 3.60. The molecule has 3 heterocycles. The first-order valence-corrected chi connectivity index (χ1v) is 13.7. The van der Waals surface area contributed by atoms with Crippen LogP contribution >= 0.6 is 27.3 Å². The van der Waals surface area contributed by atoms with Gasteiger partial charge in [0.2, 0.25) is 0 Å². The molecule has 0 spiro atoms. The minimum atomic E-state index is -0.781. The van der Waals surface area contributed by atoms with Crippen LogP contribution in [-0.4, -0.2) is 29.2 Å². The Morgan fingerprint density at radius 2 is 2.05 bits per heavy atom. The number of furan rings is 1. The van der Waals surface area contributed by atoms with Gasteiger partial charge in [0.1, 0.15) is 17.3 Å². The number of nitro groups is 1. The van der Waals surface area contributed by atoms with Crippen LogP contribution in [0.1, 0.15) is 31.2 Å². The molecule has 0 radical (unpaired) electrons. The van der Waals surface area contributed by atoms with Gasteiger partial charge in [0.05, 0.1) is 45.0 Å². The fourth-order valence-electron chi connectivity index (χ4n) is 4.45. The molecule has 204 valence electrons. The summed E-state index contributed by atoms with van der Waals surface area (Å²) >= 11 is 4.66.